The van der Waals surface area contributed by atoms with Crippen molar-refractivity contribution in [3.05, 3.63) is 84.1 Å². The van der Waals surface area contributed by atoms with Crippen LogP contribution in [-0.2, 0) is 0 Å². The number of hydrogen-bond donors (Lipinski definition) is 1. The first-order chi connectivity index (χ1) is 15.1. The van der Waals surface area contributed by atoms with Gasteiger partial charge in [0, 0.05) is 22.9 Å². The van der Waals surface area contributed by atoms with E-state index in [1.807, 2.05) is 43.3 Å². The molecule has 156 valence electrons. The number of aromatic nitrogens is 3. The molecule has 1 aromatic heterocycles. The molecule has 0 aliphatic heterocycles. The lowest BCUT2D eigenvalue weighted by Crippen LogP contribution is -2.12. The fourth-order valence-electron chi connectivity index (χ4n) is 3.22. The Kier molecular flexibility index (Phi) is 5.66. The number of carbonyl (C=O) groups excluding carboxylic acids is 1. The van der Waals surface area contributed by atoms with Gasteiger partial charge in [-0.2, -0.15) is 0 Å². The summed E-state index contributed by atoms with van der Waals surface area (Å²) in [6, 6.07) is 20.6. The molecule has 7 nitrogen and oxygen atoms in total. The summed E-state index contributed by atoms with van der Waals surface area (Å²) in [5, 5.41) is 11.1. The Balaban J connectivity index is 1.53. The maximum atomic E-state index is 12.7. The Morgan fingerprint density at radius 3 is 2.29 bits per heavy atom. The predicted molar refractivity (Wildman–Crippen MR) is 119 cm³/mol. The molecule has 4 aromatic rings. The second-order valence-electron chi connectivity index (χ2n) is 6.97. The summed E-state index contributed by atoms with van der Waals surface area (Å²) in [5.41, 5.74) is 5.04. The Hall–Kier alpha value is -4.13. The van der Waals surface area contributed by atoms with Gasteiger partial charge in [0.2, 0.25) is 0 Å². The van der Waals surface area contributed by atoms with E-state index < -0.39 is 0 Å². The highest BCUT2D eigenvalue weighted by molar-refractivity contribution is 6.04. The van der Waals surface area contributed by atoms with Gasteiger partial charge in [0.15, 0.2) is 11.5 Å². The van der Waals surface area contributed by atoms with E-state index in [0.717, 1.165) is 16.9 Å². The zero-order valence-corrected chi connectivity index (χ0v) is 17.5. The van der Waals surface area contributed by atoms with Crippen LogP contribution in [-0.4, -0.2) is 35.1 Å². The van der Waals surface area contributed by atoms with E-state index in [4.69, 9.17) is 9.47 Å². The number of carbonyl (C=O) groups is 1. The molecule has 0 bridgehead atoms. The average Bonchev–Trinajstić information content (AvgIpc) is 3.29. The molecule has 0 radical (unpaired) electrons. The second-order valence-corrected chi connectivity index (χ2v) is 6.97. The van der Waals surface area contributed by atoms with E-state index in [2.05, 4.69) is 15.6 Å². The molecule has 0 unspecified atom stereocenters. The summed E-state index contributed by atoms with van der Waals surface area (Å²) < 4.78 is 12.3. The van der Waals surface area contributed by atoms with Crippen molar-refractivity contribution < 1.29 is 14.3 Å². The molecule has 0 fully saturated rings. The molecule has 0 saturated heterocycles. The van der Waals surface area contributed by atoms with Crippen LogP contribution in [0.1, 0.15) is 15.9 Å². The Morgan fingerprint density at radius 1 is 0.903 bits per heavy atom. The van der Waals surface area contributed by atoms with Gasteiger partial charge in [-0.3, -0.25) is 4.79 Å². The number of benzene rings is 3. The highest BCUT2D eigenvalue weighted by Gasteiger charge is 2.12. The molecule has 31 heavy (non-hydrogen) atoms. The van der Waals surface area contributed by atoms with Crippen molar-refractivity contribution in [3.8, 4) is 28.4 Å². The average molecular weight is 414 g/mol. The fourth-order valence-corrected chi connectivity index (χ4v) is 3.22. The van der Waals surface area contributed by atoms with Crippen molar-refractivity contribution in [1.82, 2.24) is 15.0 Å². The highest BCUT2D eigenvalue weighted by atomic mass is 16.5. The molecule has 1 heterocycles. The first kappa shape index (κ1) is 20.2. The molecule has 0 atom stereocenters. The van der Waals surface area contributed by atoms with E-state index in [0.29, 0.717) is 22.7 Å². The zero-order valence-electron chi connectivity index (χ0n) is 17.5. The van der Waals surface area contributed by atoms with Crippen LogP contribution in [0.2, 0.25) is 0 Å². The van der Waals surface area contributed by atoms with Gasteiger partial charge in [-0.1, -0.05) is 35.0 Å². The van der Waals surface area contributed by atoms with Crippen LogP contribution >= 0.6 is 0 Å². The van der Waals surface area contributed by atoms with Gasteiger partial charge in [0.05, 0.1) is 31.8 Å². The van der Waals surface area contributed by atoms with E-state index in [-0.39, 0.29) is 5.91 Å². The molecule has 3 aromatic carbocycles. The lowest BCUT2D eigenvalue weighted by Gasteiger charge is -2.11. The molecule has 0 saturated carbocycles. The highest BCUT2D eigenvalue weighted by Crippen LogP contribution is 2.30. The quantitative estimate of drug-likeness (QED) is 0.502. The van der Waals surface area contributed by atoms with E-state index >= 15 is 0 Å². The Bertz CT molecular complexity index is 1200. The predicted octanol–water partition coefficient (Wildman–Crippen LogP) is 4.51. The second kappa shape index (κ2) is 8.71. The van der Waals surface area contributed by atoms with Gasteiger partial charge in [-0.05, 0) is 43.3 Å². The maximum absolute atomic E-state index is 12.7. The Labute approximate surface area is 180 Å². The number of ether oxygens (including phenoxy) is 2. The molecule has 0 spiro atoms. The van der Waals surface area contributed by atoms with Crippen molar-refractivity contribution >= 4 is 11.6 Å². The molecular weight excluding hydrogens is 392 g/mol. The molecule has 1 N–H and O–H groups in total. The van der Waals surface area contributed by atoms with Gasteiger partial charge < -0.3 is 14.8 Å². The number of rotatable bonds is 6. The van der Waals surface area contributed by atoms with Gasteiger partial charge in [-0.25, -0.2) is 4.68 Å². The minimum Gasteiger partial charge on any atom is -0.493 e. The van der Waals surface area contributed by atoms with Crippen molar-refractivity contribution in [3.63, 3.8) is 0 Å². The summed E-state index contributed by atoms with van der Waals surface area (Å²) in [7, 11) is 3.12. The van der Waals surface area contributed by atoms with E-state index in [1.165, 1.54) is 5.56 Å². The van der Waals surface area contributed by atoms with Crippen LogP contribution in [0.5, 0.6) is 11.5 Å². The van der Waals surface area contributed by atoms with Crippen LogP contribution in [0.15, 0.2) is 72.9 Å². The normalized spacial score (nSPS) is 10.5. The van der Waals surface area contributed by atoms with Crippen molar-refractivity contribution in [2.45, 2.75) is 6.92 Å². The third-order valence-electron chi connectivity index (χ3n) is 4.91. The summed E-state index contributed by atoms with van der Waals surface area (Å²) in [6.07, 6.45) is 1.72. The van der Waals surface area contributed by atoms with E-state index in [9.17, 15) is 4.79 Å². The topological polar surface area (TPSA) is 78.3 Å². The maximum Gasteiger partial charge on any atom is 0.255 e. The van der Waals surface area contributed by atoms with Crippen LogP contribution < -0.4 is 14.8 Å². The molecule has 0 aliphatic carbocycles. The lowest BCUT2D eigenvalue weighted by molar-refractivity contribution is 0.102. The fraction of sp³-hybridized carbons (Fsp3) is 0.125. The number of anilines is 1. The minimum absolute atomic E-state index is 0.226. The number of amides is 1. The first-order valence-electron chi connectivity index (χ1n) is 9.70. The van der Waals surface area contributed by atoms with Crippen LogP contribution in [0.4, 0.5) is 5.69 Å². The SMILES string of the molecule is COc1ccc(NC(=O)c2ccc(-n3nncc3-c3ccc(C)cc3)cc2)cc1OC. The molecular formula is C24H22N4O3. The Morgan fingerprint density at radius 2 is 1.61 bits per heavy atom. The van der Waals surface area contributed by atoms with Crippen molar-refractivity contribution in [2.75, 3.05) is 19.5 Å². The third kappa shape index (κ3) is 4.25. The number of nitrogens with zero attached hydrogens (tertiary/aromatic N) is 3. The number of aryl methyl sites for hydroxylation is 1. The lowest BCUT2D eigenvalue weighted by atomic mass is 10.1. The van der Waals surface area contributed by atoms with E-state index in [1.54, 1.807) is 55.4 Å². The van der Waals surface area contributed by atoms with Crippen molar-refractivity contribution in [1.29, 1.82) is 0 Å². The monoisotopic (exact) mass is 414 g/mol. The molecule has 7 heteroatoms. The summed E-state index contributed by atoms with van der Waals surface area (Å²) >= 11 is 0. The summed E-state index contributed by atoms with van der Waals surface area (Å²) in [4.78, 5) is 12.7. The van der Waals surface area contributed by atoms with Crippen molar-refractivity contribution in [2.24, 2.45) is 0 Å². The van der Waals surface area contributed by atoms with Gasteiger partial charge >= 0.3 is 0 Å². The minimum atomic E-state index is -0.226. The zero-order chi connectivity index (χ0) is 21.8. The molecule has 4 rings (SSSR count). The molecule has 1 amide bonds. The number of hydrogen-bond acceptors (Lipinski definition) is 5. The van der Waals surface area contributed by atoms with Crippen LogP contribution in [0.25, 0.3) is 16.9 Å². The largest absolute Gasteiger partial charge is 0.493 e. The van der Waals surface area contributed by atoms with Crippen LogP contribution in [0, 0.1) is 6.92 Å². The first-order valence-corrected chi connectivity index (χ1v) is 9.70. The number of methoxy groups -OCH3 is 2. The smallest absolute Gasteiger partial charge is 0.255 e. The van der Waals surface area contributed by atoms with Crippen LogP contribution in [0.3, 0.4) is 0 Å². The van der Waals surface area contributed by atoms with Gasteiger partial charge in [0.25, 0.3) is 5.91 Å². The standard InChI is InChI=1S/C24H22N4O3/c1-16-4-6-17(7-5-16)21-15-25-27-28(21)20-11-8-18(9-12-20)24(29)26-19-10-13-22(30-2)23(14-19)31-3/h4-15H,1-3H3,(H,26,29). The number of nitrogens with one attached hydrogen (secondary N) is 1. The summed E-state index contributed by atoms with van der Waals surface area (Å²) in [5.74, 6) is 0.920. The van der Waals surface area contributed by atoms with Gasteiger partial charge in [0.1, 0.15) is 0 Å². The third-order valence-corrected chi connectivity index (χ3v) is 4.91. The summed E-state index contributed by atoms with van der Waals surface area (Å²) in [6.45, 7) is 2.05. The molecule has 0 aliphatic rings. The van der Waals surface area contributed by atoms with Gasteiger partial charge in [-0.15, -0.1) is 5.10 Å².